The van der Waals surface area contributed by atoms with Gasteiger partial charge in [0.2, 0.25) is 9.84 Å². The molecule has 1 aliphatic heterocycles. The molecule has 37 heavy (non-hydrogen) atoms. The van der Waals surface area contributed by atoms with Crippen LogP contribution in [0.4, 0.5) is 0 Å². The molecule has 0 radical (unpaired) electrons. The van der Waals surface area contributed by atoms with E-state index in [1.165, 1.54) is 0 Å². The van der Waals surface area contributed by atoms with Crippen molar-refractivity contribution in [3.63, 3.8) is 0 Å². The molecule has 176 valence electrons. The summed E-state index contributed by atoms with van der Waals surface area (Å²) >= 11 is 0. The monoisotopic (exact) mass is 497 g/mol. The van der Waals surface area contributed by atoms with E-state index in [9.17, 15) is 8.42 Å². The Kier molecular flexibility index (Phi) is 3.98. The first kappa shape index (κ1) is 20.5. The van der Waals surface area contributed by atoms with Gasteiger partial charge in [-0.05, 0) is 36.4 Å². The maximum Gasteiger partial charge on any atom is 0.212 e. The van der Waals surface area contributed by atoms with Crippen molar-refractivity contribution in [1.29, 1.82) is 0 Å². The number of imidazole rings is 1. The molecular formula is C31H19N3O2S. The molecule has 8 rings (SSSR count). The van der Waals surface area contributed by atoms with Crippen molar-refractivity contribution in [2.75, 3.05) is 0 Å². The van der Waals surface area contributed by atoms with Gasteiger partial charge in [0, 0.05) is 16.3 Å². The highest BCUT2D eigenvalue weighted by Gasteiger charge is 2.36. The molecule has 0 fully saturated rings. The number of para-hydroxylation sites is 3. The van der Waals surface area contributed by atoms with Crippen LogP contribution in [0.1, 0.15) is 0 Å². The topological polar surface area (TPSA) is 56.9 Å². The molecule has 0 N–H and O–H groups in total. The molecule has 5 nitrogen and oxygen atoms in total. The molecule has 2 aromatic heterocycles. The zero-order valence-electron chi connectivity index (χ0n) is 19.5. The molecule has 5 aromatic carbocycles. The quantitative estimate of drug-likeness (QED) is 0.260. The molecule has 0 saturated heterocycles. The Morgan fingerprint density at radius 1 is 0.568 bits per heavy atom. The summed E-state index contributed by atoms with van der Waals surface area (Å²) in [5, 5.41) is 2.17. The van der Waals surface area contributed by atoms with Crippen molar-refractivity contribution in [3.05, 3.63) is 115 Å². The van der Waals surface area contributed by atoms with Crippen LogP contribution in [0.2, 0.25) is 0 Å². The van der Waals surface area contributed by atoms with Gasteiger partial charge >= 0.3 is 0 Å². The van der Waals surface area contributed by atoms with E-state index in [0.717, 1.165) is 33.2 Å². The fourth-order valence-electron chi connectivity index (χ4n) is 5.76. The Morgan fingerprint density at radius 2 is 1.16 bits per heavy atom. The Labute approximate surface area is 212 Å². The minimum absolute atomic E-state index is 0.278. The van der Waals surface area contributed by atoms with Crippen LogP contribution in [-0.4, -0.2) is 22.5 Å². The summed E-state index contributed by atoms with van der Waals surface area (Å²) in [4.78, 5) is 5.47. The van der Waals surface area contributed by atoms with Gasteiger partial charge in [-0.2, -0.15) is 0 Å². The lowest BCUT2D eigenvalue weighted by atomic mass is 10.2. The van der Waals surface area contributed by atoms with Crippen LogP contribution < -0.4 is 0 Å². The molecule has 0 atom stereocenters. The van der Waals surface area contributed by atoms with Crippen LogP contribution in [0, 0.1) is 0 Å². The lowest BCUT2D eigenvalue weighted by Crippen LogP contribution is -2.18. The second-order valence-electron chi connectivity index (χ2n) is 9.26. The lowest BCUT2D eigenvalue weighted by Gasteiger charge is -2.24. The Morgan fingerprint density at radius 3 is 1.86 bits per heavy atom. The number of nitrogens with zero attached hydrogens (tertiary/aromatic N) is 3. The van der Waals surface area contributed by atoms with Gasteiger partial charge in [0.15, 0.2) is 0 Å². The summed E-state index contributed by atoms with van der Waals surface area (Å²) in [5.74, 6) is 0.721. The van der Waals surface area contributed by atoms with Crippen molar-refractivity contribution in [2.45, 2.75) is 9.79 Å². The van der Waals surface area contributed by atoms with Gasteiger partial charge in [-0.25, -0.2) is 13.4 Å². The molecule has 3 heterocycles. The van der Waals surface area contributed by atoms with Gasteiger partial charge in [0.05, 0.1) is 38.3 Å². The van der Waals surface area contributed by atoms with E-state index >= 15 is 0 Å². The van der Waals surface area contributed by atoms with Gasteiger partial charge in [-0.15, -0.1) is 0 Å². The van der Waals surface area contributed by atoms with Crippen LogP contribution in [0.25, 0.3) is 55.6 Å². The van der Waals surface area contributed by atoms with E-state index in [1.807, 2.05) is 95.6 Å². The third-order valence-corrected chi connectivity index (χ3v) is 9.13. The maximum atomic E-state index is 14.4. The average molecular weight is 498 g/mol. The predicted molar refractivity (Wildman–Crippen MR) is 146 cm³/mol. The smallest absolute Gasteiger partial charge is 0.212 e. The van der Waals surface area contributed by atoms with Crippen molar-refractivity contribution in [1.82, 2.24) is 14.1 Å². The van der Waals surface area contributed by atoms with Crippen molar-refractivity contribution >= 4 is 42.7 Å². The van der Waals surface area contributed by atoms with Gasteiger partial charge in [0.25, 0.3) is 0 Å². The number of fused-ring (bicyclic) bond motifs is 5. The summed E-state index contributed by atoms with van der Waals surface area (Å²) < 4.78 is 32.8. The number of aromatic nitrogens is 3. The fourth-order valence-corrected chi connectivity index (χ4v) is 7.56. The number of rotatable bonds is 2. The first-order valence-corrected chi connectivity index (χ1v) is 13.6. The third-order valence-electron chi connectivity index (χ3n) is 7.27. The number of hydrogen-bond acceptors (Lipinski definition) is 3. The van der Waals surface area contributed by atoms with E-state index in [-0.39, 0.29) is 9.79 Å². The van der Waals surface area contributed by atoms with E-state index in [0.29, 0.717) is 22.4 Å². The third kappa shape index (κ3) is 2.62. The highest BCUT2D eigenvalue weighted by molar-refractivity contribution is 7.92. The zero-order chi connectivity index (χ0) is 24.7. The molecular weight excluding hydrogens is 478 g/mol. The number of benzene rings is 5. The molecule has 7 aromatic rings. The molecule has 0 spiro atoms. The van der Waals surface area contributed by atoms with Gasteiger partial charge < -0.3 is 4.57 Å². The second kappa shape index (κ2) is 7.18. The molecule has 0 saturated carbocycles. The molecule has 1 aliphatic rings. The van der Waals surface area contributed by atoms with Crippen molar-refractivity contribution in [2.24, 2.45) is 0 Å². The average Bonchev–Trinajstić information content (AvgIpc) is 3.49. The molecule has 0 bridgehead atoms. The van der Waals surface area contributed by atoms with Gasteiger partial charge in [-0.3, -0.25) is 4.57 Å². The van der Waals surface area contributed by atoms with E-state index in [2.05, 4.69) is 16.7 Å². The molecule has 0 amide bonds. The Balaban J connectivity index is 1.56. The summed E-state index contributed by atoms with van der Waals surface area (Å²) in [6.07, 6.45) is 0. The van der Waals surface area contributed by atoms with E-state index in [4.69, 9.17) is 4.98 Å². The SMILES string of the molecule is O=S1(=O)c2c(cccc2-n2c3ccccc3c3ccccc32)-n2c(-c3ccccc3)nc3cccc1c32. The second-order valence-corrected chi connectivity index (χ2v) is 11.1. The standard InChI is InChI=1S/C31H19N3O2S/c35-37(36)28-19-8-14-23-29(28)34(31(32-23)20-10-2-1-3-11-20)27-18-9-17-26(30(27)37)33-24-15-6-4-12-21(24)22-13-5-7-16-25(22)33/h1-19H. The van der Waals surface area contributed by atoms with Crippen molar-refractivity contribution < 1.29 is 8.42 Å². The maximum absolute atomic E-state index is 14.4. The predicted octanol–water partition coefficient (Wildman–Crippen LogP) is 6.94. The Bertz CT molecular complexity index is 2100. The molecule has 0 aliphatic carbocycles. The minimum atomic E-state index is -3.85. The largest absolute Gasteiger partial charge is 0.308 e. The van der Waals surface area contributed by atoms with Crippen LogP contribution in [0.3, 0.4) is 0 Å². The normalized spacial score (nSPS) is 13.8. The highest BCUT2D eigenvalue weighted by atomic mass is 32.2. The minimum Gasteiger partial charge on any atom is -0.308 e. The molecule has 6 heteroatoms. The summed E-state index contributed by atoms with van der Waals surface area (Å²) in [7, 11) is -3.85. The molecule has 0 unspecified atom stereocenters. The lowest BCUT2D eigenvalue weighted by molar-refractivity contribution is 0.594. The van der Waals surface area contributed by atoms with Crippen LogP contribution in [-0.2, 0) is 9.84 Å². The van der Waals surface area contributed by atoms with Crippen molar-refractivity contribution in [3.8, 4) is 22.8 Å². The summed E-state index contributed by atoms with van der Waals surface area (Å²) in [6, 6.07) is 37.2. The van der Waals surface area contributed by atoms with E-state index in [1.54, 1.807) is 12.1 Å². The fraction of sp³-hybridized carbons (Fsp3) is 0. The highest BCUT2D eigenvalue weighted by Crippen LogP contribution is 2.45. The zero-order valence-corrected chi connectivity index (χ0v) is 20.4. The first-order valence-electron chi connectivity index (χ1n) is 12.1. The summed E-state index contributed by atoms with van der Waals surface area (Å²) in [5.41, 5.74) is 5.37. The van der Waals surface area contributed by atoms with Gasteiger partial charge in [0.1, 0.15) is 10.7 Å². The van der Waals surface area contributed by atoms with Crippen LogP contribution in [0.15, 0.2) is 125 Å². The van der Waals surface area contributed by atoms with E-state index < -0.39 is 9.84 Å². The Hall–Kier alpha value is -4.68. The van der Waals surface area contributed by atoms with Crippen LogP contribution in [0.5, 0.6) is 0 Å². The van der Waals surface area contributed by atoms with Crippen LogP contribution >= 0.6 is 0 Å². The summed E-state index contributed by atoms with van der Waals surface area (Å²) in [6.45, 7) is 0. The number of hydrogen-bond donors (Lipinski definition) is 0. The first-order chi connectivity index (χ1) is 18.1. The van der Waals surface area contributed by atoms with Gasteiger partial charge in [-0.1, -0.05) is 78.9 Å². The number of sulfone groups is 1.